The minimum absolute atomic E-state index is 0.508. The van der Waals surface area contributed by atoms with Crippen LogP contribution in [0.3, 0.4) is 0 Å². The van der Waals surface area contributed by atoms with Gasteiger partial charge in [-0.15, -0.1) is 0 Å². The molecule has 0 aromatic heterocycles. The van der Waals surface area contributed by atoms with Crippen LogP contribution >= 0.6 is 11.6 Å². The smallest absolute Gasteiger partial charge is 0.154 e. The molecule has 20 heavy (non-hydrogen) atoms. The number of halogens is 1. The lowest BCUT2D eigenvalue weighted by molar-refractivity contribution is 0.318. The number of ether oxygens (including phenoxy) is 2. The Bertz CT molecular complexity index is 599. The van der Waals surface area contributed by atoms with Gasteiger partial charge in [0.05, 0.1) is 6.61 Å². The Balaban J connectivity index is 2.22. The first-order chi connectivity index (χ1) is 9.61. The van der Waals surface area contributed by atoms with E-state index in [2.05, 4.69) is 0 Å². The Labute approximate surface area is 124 Å². The molecule has 0 atom stereocenters. The van der Waals surface area contributed by atoms with Crippen molar-refractivity contribution in [1.29, 1.82) is 0 Å². The molecular weight excluding hydrogens is 274 g/mol. The van der Waals surface area contributed by atoms with Crippen LogP contribution in [-0.4, -0.2) is 6.61 Å². The SMILES string of the molecule is CCCOc1cccc(Oc2ccc(Cl)c(C)c2)c1N. The third-order valence-electron chi connectivity index (χ3n) is 2.85. The van der Waals surface area contributed by atoms with Gasteiger partial charge in [-0.1, -0.05) is 24.6 Å². The lowest BCUT2D eigenvalue weighted by atomic mass is 10.2. The van der Waals surface area contributed by atoms with Gasteiger partial charge in [-0.3, -0.25) is 0 Å². The molecule has 0 amide bonds. The molecule has 0 aliphatic rings. The highest BCUT2D eigenvalue weighted by atomic mass is 35.5. The van der Waals surface area contributed by atoms with Crippen molar-refractivity contribution >= 4 is 17.3 Å². The lowest BCUT2D eigenvalue weighted by Crippen LogP contribution is -2.00. The highest BCUT2D eigenvalue weighted by Gasteiger charge is 2.08. The van der Waals surface area contributed by atoms with Crippen LogP contribution in [0.4, 0.5) is 5.69 Å². The normalized spacial score (nSPS) is 10.3. The molecule has 0 saturated heterocycles. The fraction of sp³-hybridized carbons (Fsp3) is 0.250. The van der Waals surface area contributed by atoms with Crippen LogP contribution < -0.4 is 15.2 Å². The number of benzene rings is 2. The van der Waals surface area contributed by atoms with E-state index in [1.54, 1.807) is 6.07 Å². The van der Waals surface area contributed by atoms with E-state index >= 15 is 0 Å². The fourth-order valence-electron chi connectivity index (χ4n) is 1.76. The van der Waals surface area contributed by atoms with E-state index in [9.17, 15) is 0 Å². The molecule has 0 aliphatic heterocycles. The van der Waals surface area contributed by atoms with E-state index in [1.165, 1.54) is 0 Å². The summed E-state index contributed by atoms with van der Waals surface area (Å²) in [7, 11) is 0. The summed E-state index contributed by atoms with van der Waals surface area (Å²) in [6.07, 6.45) is 0.931. The van der Waals surface area contributed by atoms with Crippen LogP contribution in [0.25, 0.3) is 0 Å². The highest BCUT2D eigenvalue weighted by Crippen LogP contribution is 2.35. The quantitative estimate of drug-likeness (QED) is 0.804. The van der Waals surface area contributed by atoms with Crippen molar-refractivity contribution in [3.05, 3.63) is 47.0 Å². The number of anilines is 1. The molecule has 0 radical (unpaired) electrons. The summed E-state index contributed by atoms with van der Waals surface area (Å²) in [4.78, 5) is 0. The molecule has 3 nitrogen and oxygen atoms in total. The molecule has 106 valence electrons. The number of aryl methyl sites for hydroxylation is 1. The van der Waals surface area contributed by atoms with E-state index in [-0.39, 0.29) is 0 Å². The maximum atomic E-state index is 6.06. The minimum Gasteiger partial charge on any atom is -0.491 e. The number of rotatable bonds is 5. The predicted molar refractivity (Wildman–Crippen MR) is 82.9 cm³/mol. The Morgan fingerprint density at radius 1 is 1.15 bits per heavy atom. The van der Waals surface area contributed by atoms with E-state index in [0.717, 1.165) is 12.0 Å². The number of hydrogen-bond donors (Lipinski definition) is 1. The zero-order chi connectivity index (χ0) is 14.5. The maximum absolute atomic E-state index is 6.06. The summed E-state index contributed by atoms with van der Waals surface area (Å²) in [6.45, 7) is 4.61. The second-order valence-electron chi connectivity index (χ2n) is 4.53. The summed E-state index contributed by atoms with van der Waals surface area (Å²) in [5.41, 5.74) is 7.53. The second-order valence-corrected chi connectivity index (χ2v) is 4.94. The van der Waals surface area contributed by atoms with Gasteiger partial charge in [-0.05, 0) is 49.2 Å². The summed E-state index contributed by atoms with van der Waals surface area (Å²) in [6, 6.07) is 11.0. The van der Waals surface area contributed by atoms with Crippen molar-refractivity contribution in [3.8, 4) is 17.2 Å². The molecule has 0 heterocycles. The molecule has 2 N–H and O–H groups in total. The van der Waals surface area contributed by atoms with Gasteiger partial charge in [-0.25, -0.2) is 0 Å². The summed E-state index contributed by atoms with van der Waals surface area (Å²) >= 11 is 6.00. The van der Waals surface area contributed by atoms with E-state index in [4.69, 9.17) is 26.8 Å². The molecule has 0 spiro atoms. The third-order valence-corrected chi connectivity index (χ3v) is 3.27. The third kappa shape index (κ3) is 3.36. The molecule has 4 heteroatoms. The molecule has 0 bridgehead atoms. The van der Waals surface area contributed by atoms with Gasteiger partial charge in [0.1, 0.15) is 17.2 Å². The first-order valence-corrected chi connectivity index (χ1v) is 6.95. The predicted octanol–water partition coefficient (Wildman–Crippen LogP) is 4.81. The van der Waals surface area contributed by atoms with Crippen LogP contribution in [0.15, 0.2) is 36.4 Å². The number of para-hydroxylation sites is 1. The van der Waals surface area contributed by atoms with E-state index in [0.29, 0.717) is 34.6 Å². The van der Waals surface area contributed by atoms with Crippen LogP contribution in [0, 0.1) is 6.92 Å². The van der Waals surface area contributed by atoms with Gasteiger partial charge < -0.3 is 15.2 Å². The molecule has 0 aliphatic carbocycles. The largest absolute Gasteiger partial charge is 0.491 e. The molecular formula is C16H18ClNO2. The van der Waals surface area contributed by atoms with Crippen LogP contribution in [0.1, 0.15) is 18.9 Å². The highest BCUT2D eigenvalue weighted by molar-refractivity contribution is 6.31. The molecule has 0 saturated carbocycles. The van der Waals surface area contributed by atoms with Gasteiger partial charge in [-0.2, -0.15) is 0 Å². The zero-order valence-electron chi connectivity index (χ0n) is 11.7. The summed E-state index contributed by atoms with van der Waals surface area (Å²) in [5, 5.41) is 0.713. The van der Waals surface area contributed by atoms with Crippen molar-refractivity contribution in [2.75, 3.05) is 12.3 Å². The first kappa shape index (κ1) is 14.5. The van der Waals surface area contributed by atoms with Crippen molar-refractivity contribution in [1.82, 2.24) is 0 Å². The monoisotopic (exact) mass is 291 g/mol. The maximum Gasteiger partial charge on any atom is 0.154 e. The topological polar surface area (TPSA) is 44.5 Å². The van der Waals surface area contributed by atoms with E-state index in [1.807, 2.05) is 44.2 Å². The summed E-state index contributed by atoms with van der Waals surface area (Å²) in [5.74, 6) is 1.93. The number of nitrogens with two attached hydrogens (primary N) is 1. The summed E-state index contributed by atoms with van der Waals surface area (Å²) < 4.78 is 11.4. The molecule has 2 aromatic rings. The van der Waals surface area contributed by atoms with E-state index < -0.39 is 0 Å². The van der Waals surface area contributed by atoms with Crippen molar-refractivity contribution in [3.63, 3.8) is 0 Å². The van der Waals surface area contributed by atoms with Crippen LogP contribution in [-0.2, 0) is 0 Å². The molecule has 0 fully saturated rings. The van der Waals surface area contributed by atoms with Crippen molar-refractivity contribution in [2.24, 2.45) is 0 Å². The van der Waals surface area contributed by atoms with Crippen LogP contribution in [0.5, 0.6) is 17.2 Å². The van der Waals surface area contributed by atoms with Gasteiger partial charge in [0.2, 0.25) is 0 Å². The number of nitrogen functional groups attached to an aromatic ring is 1. The zero-order valence-corrected chi connectivity index (χ0v) is 12.4. The Morgan fingerprint density at radius 2 is 1.90 bits per heavy atom. The van der Waals surface area contributed by atoms with Gasteiger partial charge in [0.25, 0.3) is 0 Å². The Kier molecular flexibility index (Phi) is 4.74. The Morgan fingerprint density at radius 3 is 2.60 bits per heavy atom. The molecule has 0 unspecified atom stereocenters. The fourth-order valence-corrected chi connectivity index (χ4v) is 1.88. The number of hydrogen-bond acceptors (Lipinski definition) is 3. The standard InChI is InChI=1S/C16H18ClNO2/c1-3-9-19-14-5-4-6-15(16(14)18)20-12-7-8-13(17)11(2)10-12/h4-8,10H,3,9,18H2,1-2H3. The second kappa shape index (κ2) is 6.53. The molecule has 2 rings (SSSR count). The van der Waals surface area contributed by atoms with Crippen molar-refractivity contribution < 1.29 is 9.47 Å². The Hall–Kier alpha value is -1.87. The van der Waals surface area contributed by atoms with Gasteiger partial charge in [0, 0.05) is 5.02 Å². The van der Waals surface area contributed by atoms with Crippen LogP contribution in [0.2, 0.25) is 5.02 Å². The van der Waals surface area contributed by atoms with Crippen molar-refractivity contribution in [2.45, 2.75) is 20.3 Å². The molecule has 2 aromatic carbocycles. The van der Waals surface area contributed by atoms with Gasteiger partial charge in [0.15, 0.2) is 5.75 Å². The lowest BCUT2D eigenvalue weighted by Gasteiger charge is -2.13. The average Bonchev–Trinajstić information content (AvgIpc) is 2.44. The average molecular weight is 292 g/mol. The first-order valence-electron chi connectivity index (χ1n) is 6.57. The van der Waals surface area contributed by atoms with Gasteiger partial charge >= 0.3 is 0 Å². The minimum atomic E-state index is 0.508.